The lowest BCUT2D eigenvalue weighted by atomic mass is 10.0. The zero-order valence-corrected chi connectivity index (χ0v) is 9.76. The summed E-state index contributed by atoms with van der Waals surface area (Å²) < 4.78 is 3.83. The number of aromatic nitrogens is 3. The molecule has 4 nitrogen and oxygen atoms in total. The predicted octanol–water partition coefficient (Wildman–Crippen LogP) is 2.13. The molecule has 0 spiro atoms. The molecule has 0 aliphatic carbocycles. The molecule has 0 saturated heterocycles. The average Bonchev–Trinajstić information content (AvgIpc) is 2.91. The summed E-state index contributed by atoms with van der Waals surface area (Å²) in [5.41, 5.74) is 8.14. The number of pyridine rings is 1. The smallest absolute Gasteiger partial charge is 0.0705 e. The van der Waals surface area contributed by atoms with Crippen molar-refractivity contribution in [3.63, 3.8) is 0 Å². The van der Waals surface area contributed by atoms with Crippen molar-refractivity contribution in [2.45, 2.75) is 6.04 Å². The highest BCUT2D eigenvalue weighted by molar-refractivity contribution is 7.05. The van der Waals surface area contributed by atoms with Crippen molar-refractivity contribution in [3.05, 3.63) is 53.2 Å². The van der Waals surface area contributed by atoms with E-state index < -0.39 is 0 Å². The number of rotatable bonds is 2. The first-order valence-electron chi connectivity index (χ1n) is 5.22. The van der Waals surface area contributed by atoms with E-state index in [1.165, 1.54) is 11.5 Å². The van der Waals surface area contributed by atoms with Gasteiger partial charge in [-0.2, -0.15) is 0 Å². The van der Waals surface area contributed by atoms with Gasteiger partial charge in [-0.05, 0) is 29.2 Å². The van der Waals surface area contributed by atoms with Crippen LogP contribution in [-0.2, 0) is 0 Å². The van der Waals surface area contributed by atoms with Gasteiger partial charge in [-0.3, -0.25) is 4.98 Å². The number of hydrogen-bond donors (Lipinski definition) is 1. The Kier molecular flexibility index (Phi) is 2.55. The number of nitrogens with two attached hydrogens (primary N) is 1. The van der Waals surface area contributed by atoms with Crippen molar-refractivity contribution in [1.29, 1.82) is 0 Å². The van der Waals surface area contributed by atoms with Crippen molar-refractivity contribution in [3.8, 4) is 0 Å². The maximum absolute atomic E-state index is 6.15. The molecule has 0 fully saturated rings. The van der Waals surface area contributed by atoms with E-state index in [-0.39, 0.29) is 6.04 Å². The summed E-state index contributed by atoms with van der Waals surface area (Å²) in [4.78, 5) is 5.28. The Morgan fingerprint density at radius 2 is 2.18 bits per heavy atom. The fourth-order valence-corrected chi connectivity index (χ4v) is 2.29. The summed E-state index contributed by atoms with van der Waals surface area (Å²) in [5, 5.41) is 4.92. The highest BCUT2D eigenvalue weighted by atomic mass is 32.1. The van der Waals surface area contributed by atoms with Gasteiger partial charge in [0.1, 0.15) is 0 Å². The first-order valence-corrected chi connectivity index (χ1v) is 5.99. The Bertz CT molecular complexity index is 636. The van der Waals surface area contributed by atoms with Crippen LogP contribution in [0.15, 0.2) is 42.7 Å². The molecule has 17 heavy (non-hydrogen) atoms. The first-order chi connectivity index (χ1) is 8.34. The van der Waals surface area contributed by atoms with Crippen LogP contribution in [0.1, 0.15) is 16.5 Å². The van der Waals surface area contributed by atoms with Crippen LogP contribution in [-0.4, -0.2) is 14.6 Å². The van der Waals surface area contributed by atoms with Gasteiger partial charge in [0.15, 0.2) is 0 Å². The molecule has 3 aromatic rings. The molecular weight excluding hydrogens is 232 g/mol. The second-order valence-corrected chi connectivity index (χ2v) is 4.57. The number of hydrogen-bond acceptors (Lipinski definition) is 5. The topological polar surface area (TPSA) is 64.7 Å². The molecule has 2 heterocycles. The highest BCUT2D eigenvalue weighted by Crippen LogP contribution is 2.23. The van der Waals surface area contributed by atoms with Crippen molar-refractivity contribution in [2.75, 3.05) is 0 Å². The van der Waals surface area contributed by atoms with E-state index in [0.717, 1.165) is 21.3 Å². The number of fused-ring (bicyclic) bond motifs is 1. The van der Waals surface area contributed by atoms with Crippen molar-refractivity contribution in [1.82, 2.24) is 14.6 Å². The van der Waals surface area contributed by atoms with Gasteiger partial charge in [-0.15, -0.1) is 5.10 Å². The van der Waals surface area contributed by atoms with Crippen LogP contribution in [0.3, 0.4) is 0 Å². The highest BCUT2D eigenvalue weighted by Gasteiger charge is 2.11. The van der Waals surface area contributed by atoms with Gasteiger partial charge in [0.05, 0.1) is 22.6 Å². The van der Waals surface area contributed by atoms with Crippen molar-refractivity contribution < 1.29 is 0 Å². The minimum atomic E-state index is -0.179. The monoisotopic (exact) mass is 242 g/mol. The molecule has 2 aromatic heterocycles. The molecule has 0 radical (unpaired) electrons. The fourth-order valence-electron chi connectivity index (χ4n) is 1.75. The van der Waals surface area contributed by atoms with Gasteiger partial charge in [-0.25, -0.2) is 0 Å². The molecule has 0 saturated carbocycles. The van der Waals surface area contributed by atoms with E-state index >= 15 is 0 Å². The summed E-state index contributed by atoms with van der Waals surface area (Å²) in [6.45, 7) is 0. The summed E-state index contributed by atoms with van der Waals surface area (Å²) in [6.07, 6.45) is 3.49. The van der Waals surface area contributed by atoms with E-state index in [9.17, 15) is 0 Å². The maximum atomic E-state index is 6.15. The fraction of sp³-hybridized carbons (Fsp3) is 0.0833. The summed E-state index contributed by atoms with van der Waals surface area (Å²) >= 11 is 1.32. The second kappa shape index (κ2) is 4.20. The lowest BCUT2D eigenvalue weighted by molar-refractivity contribution is 0.890. The molecule has 0 amide bonds. The number of nitrogens with zero attached hydrogens (tertiary/aromatic N) is 3. The molecule has 5 heteroatoms. The zero-order valence-electron chi connectivity index (χ0n) is 8.95. The molecule has 84 valence electrons. The normalized spacial score (nSPS) is 12.8. The van der Waals surface area contributed by atoms with Crippen LogP contribution in [0.2, 0.25) is 0 Å². The summed E-state index contributed by atoms with van der Waals surface area (Å²) in [6, 6.07) is 9.85. The lowest BCUT2D eigenvalue weighted by Gasteiger charge is -2.09. The van der Waals surface area contributed by atoms with E-state index in [1.807, 2.05) is 30.3 Å². The molecule has 2 N–H and O–H groups in total. The lowest BCUT2D eigenvalue weighted by Crippen LogP contribution is -2.10. The van der Waals surface area contributed by atoms with E-state index in [1.54, 1.807) is 12.4 Å². The molecular formula is C12H10N4S. The average molecular weight is 242 g/mol. The maximum Gasteiger partial charge on any atom is 0.0705 e. The van der Waals surface area contributed by atoms with Crippen LogP contribution in [0.4, 0.5) is 0 Å². The third-order valence-corrected chi connectivity index (χ3v) is 3.42. The second-order valence-electron chi connectivity index (χ2n) is 3.75. The third kappa shape index (κ3) is 1.90. The largest absolute Gasteiger partial charge is 0.320 e. The predicted molar refractivity (Wildman–Crippen MR) is 67.7 cm³/mol. The van der Waals surface area contributed by atoms with Crippen LogP contribution >= 0.6 is 11.5 Å². The molecule has 1 aromatic carbocycles. The Hall–Kier alpha value is -1.85. The van der Waals surface area contributed by atoms with Gasteiger partial charge in [0, 0.05) is 11.6 Å². The number of benzene rings is 1. The van der Waals surface area contributed by atoms with Crippen LogP contribution < -0.4 is 5.73 Å². The molecule has 0 aliphatic rings. The molecule has 1 atom stereocenters. The minimum Gasteiger partial charge on any atom is -0.320 e. The molecule has 0 bridgehead atoms. The van der Waals surface area contributed by atoms with E-state index in [2.05, 4.69) is 14.6 Å². The van der Waals surface area contributed by atoms with Gasteiger partial charge in [0.2, 0.25) is 0 Å². The Labute approximate surface area is 102 Å². The Morgan fingerprint density at radius 1 is 1.24 bits per heavy atom. The molecule has 1 unspecified atom stereocenters. The summed E-state index contributed by atoms with van der Waals surface area (Å²) in [5.74, 6) is 0. The molecule has 3 rings (SSSR count). The minimum absolute atomic E-state index is 0.179. The van der Waals surface area contributed by atoms with Gasteiger partial charge < -0.3 is 5.73 Å². The van der Waals surface area contributed by atoms with Crippen molar-refractivity contribution in [2.24, 2.45) is 5.73 Å². The van der Waals surface area contributed by atoms with Crippen LogP contribution in [0, 0.1) is 0 Å². The van der Waals surface area contributed by atoms with Gasteiger partial charge in [0.25, 0.3) is 0 Å². The SMILES string of the molecule is NC(c1ccc2cccnc2c1)c1cnns1. The quantitative estimate of drug-likeness (QED) is 0.747. The summed E-state index contributed by atoms with van der Waals surface area (Å²) in [7, 11) is 0. The zero-order chi connectivity index (χ0) is 11.7. The van der Waals surface area contributed by atoms with Crippen LogP contribution in [0.25, 0.3) is 10.9 Å². The van der Waals surface area contributed by atoms with E-state index in [0.29, 0.717) is 0 Å². The Balaban J connectivity index is 2.06. The van der Waals surface area contributed by atoms with Gasteiger partial charge in [-0.1, -0.05) is 22.7 Å². The third-order valence-electron chi connectivity index (χ3n) is 2.67. The van der Waals surface area contributed by atoms with Crippen LogP contribution in [0.5, 0.6) is 0 Å². The Morgan fingerprint density at radius 3 is 3.00 bits per heavy atom. The van der Waals surface area contributed by atoms with E-state index in [4.69, 9.17) is 5.73 Å². The first kappa shape index (κ1) is 10.3. The van der Waals surface area contributed by atoms with Crippen molar-refractivity contribution >= 4 is 22.4 Å². The molecule has 0 aliphatic heterocycles. The standard InChI is InChI=1S/C12H10N4S/c13-12(11-7-15-16-17-11)9-4-3-8-2-1-5-14-10(8)6-9/h1-7,12H,13H2. The van der Waals surface area contributed by atoms with Gasteiger partial charge >= 0.3 is 0 Å².